The predicted molar refractivity (Wildman–Crippen MR) is 114 cm³/mol. The van der Waals surface area contributed by atoms with E-state index in [-0.39, 0.29) is 23.9 Å². The van der Waals surface area contributed by atoms with Crippen LogP contribution in [0.15, 0.2) is 63.8 Å². The number of benzene rings is 2. The zero-order chi connectivity index (χ0) is 22.2. The number of carbonyl (C=O) groups excluding carboxylic acids is 3. The van der Waals surface area contributed by atoms with E-state index in [1.165, 1.54) is 19.1 Å². The molecule has 0 saturated carbocycles. The van der Waals surface area contributed by atoms with Crippen molar-refractivity contribution < 1.29 is 18.8 Å². The molecule has 3 aromatic rings. The molecule has 2 heterocycles. The number of nitrogens with one attached hydrogen (secondary N) is 2. The molecule has 1 fully saturated rings. The van der Waals surface area contributed by atoms with Crippen molar-refractivity contribution in [3.8, 4) is 0 Å². The molecule has 0 radical (unpaired) electrons. The normalized spacial score (nSPS) is 18.3. The van der Waals surface area contributed by atoms with E-state index in [9.17, 15) is 19.2 Å². The molecule has 1 aromatic heterocycles. The number of rotatable bonds is 5. The zero-order valence-electron chi connectivity index (χ0n) is 17.1. The molecule has 1 aliphatic rings. The Hall–Kier alpha value is -3.94. The number of anilines is 1. The lowest BCUT2D eigenvalue weighted by Gasteiger charge is -2.25. The Morgan fingerprint density at radius 3 is 2.52 bits per heavy atom. The van der Waals surface area contributed by atoms with Crippen molar-refractivity contribution in [2.75, 3.05) is 5.32 Å². The number of amides is 4. The van der Waals surface area contributed by atoms with E-state index in [1.807, 2.05) is 25.1 Å². The Bertz CT molecular complexity index is 1250. The van der Waals surface area contributed by atoms with E-state index >= 15 is 0 Å². The topological polar surface area (TPSA) is 109 Å². The van der Waals surface area contributed by atoms with Crippen molar-refractivity contribution in [2.45, 2.75) is 32.4 Å². The minimum absolute atomic E-state index is 0.0825. The van der Waals surface area contributed by atoms with Crippen LogP contribution in [-0.4, -0.2) is 22.7 Å². The first-order valence-electron chi connectivity index (χ1n) is 9.88. The molecule has 0 bridgehead atoms. The maximum atomic E-state index is 13.4. The largest absolute Gasteiger partial charge is 0.423 e. The van der Waals surface area contributed by atoms with Crippen molar-refractivity contribution >= 4 is 34.5 Å². The van der Waals surface area contributed by atoms with E-state index in [0.717, 1.165) is 4.90 Å². The third kappa shape index (κ3) is 3.56. The predicted octanol–water partition coefficient (Wildman–Crippen LogP) is 3.11. The van der Waals surface area contributed by atoms with Crippen LogP contribution in [0.2, 0.25) is 0 Å². The minimum Gasteiger partial charge on any atom is -0.423 e. The second-order valence-electron chi connectivity index (χ2n) is 7.43. The average molecular weight is 419 g/mol. The van der Waals surface area contributed by atoms with Crippen LogP contribution in [0.3, 0.4) is 0 Å². The molecular weight excluding hydrogens is 398 g/mol. The monoisotopic (exact) mass is 419 g/mol. The van der Waals surface area contributed by atoms with Crippen molar-refractivity contribution in [1.29, 1.82) is 0 Å². The number of imide groups is 1. The molecular formula is C23H21N3O5. The Kier molecular flexibility index (Phi) is 5.06. The SMILES string of the molecule is CC[C@]1(c2ccccc2)NC(=O)N(Cc2cc(=O)oc3cc(NC(C)=O)ccc23)C1=O. The van der Waals surface area contributed by atoms with Gasteiger partial charge in [-0.1, -0.05) is 37.3 Å². The summed E-state index contributed by atoms with van der Waals surface area (Å²) in [6.07, 6.45) is 0.385. The van der Waals surface area contributed by atoms with Gasteiger partial charge in [-0.25, -0.2) is 9.59 Å². The highest BCUT2D eigenvalue weighted by molar-refractivity contribution is 6.07. The fraction of sp³-hybridized carbons (Fsp3) is 0.217. The molecule has 1 aliphatic heterocycles. The Balaban J connectivity index is 1.72. The van der Waals surface area contributed by atoms with Gasteiger partial charge >= 0.3 is 11.7 Å². The van der Waals surface area contributed by atoms with Gasteiger partial charge in [0.05, 0.1) is 6.54 Å². The molecule has 0 aliphatic carbocycles. The van der Waals surface area contributed by atoms with Crippen LogP contribution in [0.5, 0.6) is 0 Å². The molecule has 2 aromatic carbocycles. The van der Waals surface area contributed by atoms with Crippen molar-refractivity contribution in [3.63, 3.8) is 0 Å². The maximum absolute atomic E-state index is 13.4. The fourth-order valence-corrected chi connectivity index (χ4v) is 3.94. The van der Waals surface area contributed by atoms with Gasteiger partial charge in [-0.3, -0.25) is 14.5 Å². The minimum atomic E-state index is -1.15. The van der Waals surface area contributed by atoms with Crippen LogP contribution in [0, 0.1) is 0 Å². The van der Waals surface area contributed by atoms with Crippen LogP contribution in [-0.2, 0) is 21.7 Å². The lowest BCUT2D eigenvalue weighted by atomic mass is 9.87. The van der Waals surface area contributed by atoms with Gasteiger partial charge < -0.3 is 15.1 Å². The maximum Gasteiger partial charge on any atom is 0.336 e. The first-order valence-corrected chi connectivity index (χ1v) is 9.88. The van der Waals surface area contributed by atoms with Crippen molar-refractivity contribution in [3.05, 3.63) is 76.1 Å². The number of nitrogens with zero attached hydrogens (tertiary/aromatic N) is 1. The average Bonchev–Trinajstić information content (AvgIpc) is 2.98. The van der Waals surface area contributed by atoms with E-state index in [4.69, 9.17) is 4.42 Å². The fourth-order valence-electron chi connectivity index (χ4n) is 3.94. The number of hydrogen-bond donors (Lipinski definition) is 2. The van der Waals surface area contributed by atoms with Crippen molar-refractivity contribution in [2.24, 2.45) is 0 Å². The van der Waals surface area contributed by atoms with Gasteiger partial charge in [0.2, 0.25) is 5.91 Å². The van der Waals surface area contributed by atoms with Crippen LogP contribution in [0.25, 0.3) is 11.0 Å². The second kappa shape index (κ2) is 7.71. The molecule has 4 amide bonds. The molecule has 158 valence electrons. The molecule has 31 heavy (non-hydrogen) atoms. The number of carbonyl (C=O) groups is 3. The third-order valence-corrected chi connectivity index (χ3v) is 5.45. The molecule has 0 spiro atoms. The van der Waals surface area contributed by atoms with Crippen LogP contribution in [0.1, 0.15) is 31.4 Å². The number of urea groups is 1. The van der Waals surface area contributed by atoms with Gasteiger partial charge in [-0.15, -0.1) is 0 Å². The third-order valence-electron chi connectivity index (χ3n) is 5.45. The molecule has 0 unspecified atom stereocenters. The van der Waals surface area contributed by atoms with E-state index in [1.54, 1.807) is 24.3 Å². The summed E-state index contributed by atoms with van der Waals surface area (Å²) in [5.74, 6) is -0.628. The highest BCUT2D eigenvalue weighted by atomic mass is 16.4. The summed E-state index contributed by atoms with van der Waals surface area (Å²) in [5, 5.41) is 6.04. The van der Waals surface area contributed by atoms with Gasteiger partial charge in [0.1, 0.15) is 11.1 Å². The first-order chi connectivity index (χ1) is 14.8. The molecule has 8 heteroatoms. The molecule has 4 rings (SSSR count). The van der Waals surface area contributed by atoms with E-state index in [0.29, 0.717) is 28.6 Å². The van der Waals surface area contributed by atoms with Gasteiger partial charge in [0.15, 0.2) is 0 Å². The molecule has 2 N–H and O–H groups in total. The molecule has 1 saturated heterocycles. The highest BCUT2D eigenvalue weighted by Crippen LogP contribution is 2.33. The number of hydrogen-bond acceptors (Lipinski definition) is 5. The van der Waals surface area contributed by atoms with Gasteiger partial charge in [0, 0.05) is 30.1 Å². The Morgan fingerprint density at radius 1 is 1.10 bits per heavy atom. The van der Waals surface area contributed by atoms with Crippen LogP contribution in [0.4, 0.5) is 10.5 Å². The summed E-state index contributed by atoms with van der Waals surface area (Å²) in [7, 11) is 0. The number of fused-ring (bicyclic) bond motifs is 1. The molecule has 1 atom stereocenters. The van der Waals surface area contributed by atoms with Gasteiger partial charge in [-0.05, 0) is 29.7 Å². The summed E-state index contributed by atoms with van der Waals surface area (Å²) in [6, 6.07) is 14.7. The quantitative estimate of drug-likeness (QED) is 0.488. The zero-order valence-corrected chi connectivity index (χ0v) is 17.1. The lowest BCUT2D eigenvalue weighted by Crippen LogP contribution is -2.43. The Labute approximate surface area is 177 Å². The smallest absolute Gasteiger partial charge is 0.336 e. The van der Waals surface area contributed by atoms with Gasteiger partial charge in [-0.2, -0.15) is 0 Å². The van der Waals surface area contributed by atoms with E-state index < -0.39 is 17.2 Å². The Morgan fingerprint density at radius 2 is 1.84 bits per heavy atom. The van der Waals surface area contributed by atoms with Crippen LogP contribution < -0.4 is 16.3 Å². The second-order valence-corrected chi connectivity index (χ2v) is 7.43. The highest BCUT2D eigenvalue weighted by Gasteiger charge is 2.51. The van der Waals surface area contributed by atoms with Crippen molar-refractivity contribution in [1.82, 2.24) is 10.2 Å². The summed E-state index contributed by atoms with van der Waals surface area (Å²) < 4.78 is 5.26. The first kappa shape index (κ1) is 20.3. The summed E-state index contributed by atoms with van der Waals surface area (Å²) in [6.45, 7) is 3.13. The van der Waals surface area contributed by atoms with Crippen LogP contribution >= 0.6 is 0 Å². The summed E-state index contributed by atoms with van der Waals surface area (Å²) >= 11 is 0. The lowest BCUT2D eigenvalue weighted by molar-refractivity contribution is -0.132. The molecule has 8 nitrogen and oxygen atoms in total. The summed E-state index contributed by atoms with van der Waals surface area (Å²) in [4.78, 5) is 50.7. The summed E-state index contributed by atoms with van der Waals surface area (Å²) in [5.41, 5.74) is 0.153. The van der Waals surface area contributed by atoms with E-state index in [2.05, 4.69) is 10.6 Å². The standard InChI is InChI=1S/C23H21N3O5/c1-3-23(16-7-5-4-6-8-16)21(29)26(22(30)25-23)13-15-11-20(28)31-19-12-17(24-14(2)27)9-10-18(15)19/h4-12H,3,13H2,1-2H3,(H,24,27)(H,25,30)/t23-/m1/s1. The van der Waals surface area contributed by atoms with Gasteiger partial charge in [0.25, 0.3) is 5.91 Å².